The molecule has 0 aromatic heterocycles. The van der Waals surface area contributed by atoms with Gasteiger partial charge in [-0.2, -0.15) is 0 Å². The smallest absolute Gasteiger partial charge is 0.314 e. The largest absolute Gasteiger partial charge is 0.465 e. The normalized spacial score (nSPS) is 13.3. The molecule has 1 rings (SSSR count). The second kappa shape index (κ2) is 9.23. The number of carbonyl (C=O) groups is 1. The first-order valence-corrected chi connectivity index (χ1v) is 7.40. The molecule has 0 aliphatic carbocycles. The first kappa shape index (κ1) is 17.3. The highest BCUT2D eigenvalue weighted by Gasteiger charge is 2.06. The van der Waals surface area contributed by atoms with Gasteiger partial charge in [0, 0.05) is 13.6 Å². The molecule has 0 fully saturated rings. The van der Waals surface area contributed by atoms with Gasteiger partial charge >= 0.3 is 6.03 Å². The van der Waals surface area contributed by atoms with E-state index in [9.17, 15) is 4.79 Å². The van der Waals surface area contributed by atoms with E-state index in [1.165, 1.54) is 5.56 Å². The van der Waals surface area contributed by atoms with Crippen molar-refractivity contribution in [2.45, 2.75) is 39.4 Å². The van der Waals surface area contributed by atoms with E-state index in [1.807, 2.05) is 19.1 Å². The number of hydrogen-bond acceptors (Lipinski definition) is 3. The van der Waals surface area contributed by atoms with Crippen LogP contribution in [0.2, 0.25) is 0 Å². The summed E-state index contributed by atoms with van der Waals surface area (Å²) < 4.78 is 11.1. The average molecular weight is 294 g/mol. The van der Waals surface area contributed by atoms with Crippen LogP contribution in [0.15, 0.2) is 24.3 Å². The summed E-state index contributed by atoms with van der Waals surface area (Å²) >= 11 is 0. The number of urea groups is 1. The monoisotopic (exact) mass is 294 g/mol. The Morgan fingerprint density at radius 2 is 1.90 bits per heavy atom. The fourth-order valence-electron chi connectivity index (χ4n) is 1.81. The lowest BCUT2D eigenvalue weighted by Crippen LogP contribution is -2.35. The molecule has 0 radical (unpaired) electrons. The van der Waals surface area contributed by atoms with Crippen LogP contribution in [0, 0.1) is 0 Å². The molecule has 2 unspecified atom stereocenters. The first-order chi connectivity index (χ1) is 10.1. The number of amides is 2. The van der Waals surface area contributed by atoms with Gasteiger partial charge in [0.15, 0.2) is 6.29 Å². The maximum absolute atomic E-state index is 11.0. The van der Waals surface area contributed by atoms with Crippen LogP contribution in [-0.4, -0.2) is 32.5 Å². The summed E-state index contributed by atoms with van der Waals surface area (Å²) in [7, 11) is 1.57. The average Bonchev–Trinajstić information content (AvgIpc) is 2.51. The highest BCUT2D eigenvalue weighted by molar-refractivity contribution is 5.73. The maximum Gasteiger partial charge on any atom is 0.314 e. The van der Waals surface area contributed by atoms with Gasteiger partial charge in [0.25, 0.3) is 0 Å². The van der Waals surface area contributed by atoms with Gasteiger partial charge < -0.3 is 20.1 Å². The SMILES string of the molecule is CCC(C)c1ccc(OC(C)OCCNC(=O)NC)cc1. The molecule has 0 heterocycles. The van der Waals surface area contributed by atoms with Crippen molar-refractivity contribution in [1.29, 1.82) is 0 Å². The lowest BCUT2D eigenvalue weighted by molar-refractivity contribution is -0.0645. The van der Waals surface area contributed by atoms with Crippen LogP contribution >= 0.6 is 0 Å². The lowest BCUT2D eigenvalue weighted by Gasteiger charge is -2.16. The standard InChI is InChI=1S/C16H26N2O3/c1-5-12(2)14-6-8-15(9-7-14)21-13(3)20-11-10-18-16(19)17-4/h6-9,12-13H,5,10-11H2,1-4H3,(H2,17,18,19). The van der Waals surface area contributed by atoms with E-state index in [1.54, 1.807) is 7.05 Å². The zero-order chi connectivity index (χ0) is 15.7. The van der Waals surface area contributed by atoms with Crippen molar-refractivity contribution in [3.63, 3.8) is 0 Å². The number of hydrogen-bond donors (Lipinski definition) is 2. The molecule has 2 N–H and O–H groups in total. The number of ether oxygens (including phenoxy) is 2. The molecule has 0 saturated carbocycles. The Morgan fingerprint density at radius 1 is 1.24 bits per heavy atom. The Hall–Kier alpha value is -1.75. The summed E-state index contributed by atoms with van der Waals surface area (Å²) in [6, 6.07) is 7.88. The Labute approximate surface area is 127 Å². The second-order valence-electron chi connectivity index (χ2n) is 4.94. The molecular weight excluding hydrogens is 268 g/mol. The van der Waals surface area contributed by atoms with Crippen LogP contribution in [0.1, 0.15) is 38.7 Å². The van der Waals surface area contributed by atoms with Crippen LogP contribution in [-0.2, 0) is 4.74 Å². The van der Waals surface area contributed by atoms with Crippen LogP contribution in [0.4, 0.5) is 4.79 Å². The quantitative estimate of drug-likeness (QED) is 0.572. The molecule has 1 aromatic carbocycles. The second-order valence-corrected chi connectivity index (χ2v) is 4.94. The van der Waals surface area contributed by atoms with E-state index in [4.69, 9.17) is 9.47 Å². The van der Waals surface area contributed by atoms with E-state index in [2.05, 4.69) is 36.6 Å². The highest BCUT2D eigenvalue weighted by atomic mass is 16.7. The van der Waals surface area contributed by atoms with Crippen LogP contribution in [0.3, 0.4) is 0 Å². The minimum absolute atomic E-state index is 0.215. The zero-order valence-electron chi connectivity index (χ0n) is 13.3. The summed E-state index contributed by atoms with van der Waals surface area (Å²) in [6.45, 7) is 7.07. The van der Waals surface area contributed by atoms with E-state index in [-0.39, 0.29) is 12.3 Å². The van der Waals surface area contributed by atoms with E-state index < -0.39 is 0 Å². The molecule has 0 bridgehead atoms. The predicted octanol–water partition coefficient (Wildman–Crippen LogP) is 2.87. The van der Waals surface area contributed by atoms with Gasteiger partial charge in [-0.15, -0.1) is 0 Å². The van der Waals surface area contributed by atoms with Crippen LogP contribution in [0.5, 0.6) is 5.75 Å². The van der Waals surface area contributed by atoms with Gasteiger partial charge in [0.1, 0.15) is 5.75 Å². The van der Waals surface area contributed by atoms with Crippen molar-refractivity contribution in [2.75, 3.05) is 20.2 Å². The van der Waals surface area contributed by atoms with Crippen molar-refractivity contribution >= 4 is 6.03 Å². The number of benzene rings is 1. The van der Waals surface area contributed by atoms with Gasteiger partial charge in [0.2, 0.25) is 0 Å². The summed E-state index contributed by atoms with van der Waals surface area (Å²) in [6.07, 6.45) is 0.767. The van der Waals surface area contributed by atoms with E-state index in [0.717, 1.165) is 12.2 Å². The molecule has 21 heavy (non-hydrogen) atoms. The van der Waals surface area contributed by atoms with E-state index >= 15 is 0 Å². The molecule has 2 amide bonds. The summed E-state index contributed by atoms with van der Waals surface area (Å²) in [4.78, 5) is 11.0. The molecule has 0 spiro atoms. The molecule has 5 nitrogen and oxygen atoms in total. The van der Waals surface area contributed by atoms with Crippen molar-refractivity contribution < 1.29 is 14.3 Å². The Bertz CT molecular complexity index is 420. The Balaban J connectivity index is 2.31. The van der Waals surface area contributed by atoms with Gasteiger partial charge in [0.05, 0.1) is 6.61 Å². The van der Waals surface area contributed by atoms with E-state index in [0.29, 0.717) is 19.1 Å². The summed E-state index contributed by atoms with van der Waals surface area (Å²) in [5.74, 6) is 1.34. The van der Waals surface area contributed by atoms with Gasteiger partial charge in [-0.1, -0.05) is 26.0 Å². The molecule has 0 saturated heterocycles. The van der Waals surface area contributed by atoms with Crippen molar-refractivity contribution in [3.05, 3.63) is 29.8 Å². The fourth-order valence-corrected chi connectivity index (χ4v) is 1.81. The minimum atomic E-state index is -0.356. The summed E-state index contributed by atoms with van der Waals surface area (Å²) in [5, 5.41) is 5.12. The zero-order valence-corrected chi connectivity index (χ0v) is 13.3. The molecule has 1 aromatic rings. The van der Waals surface area contributed by atoms with Gasteiger partial charge in [-0.3, -0.25) is 0 Å². The third-order valence-corrected chi connectivity index (χ3v) is 3.33. The molecule has 0 aliphatic heterocycles. The van der Waals surface area contributed by atoms with Crippen molar-refractivity contribution in [1.82, 2.24) is 10.6 Å². The Kier molecular flexibility index (Phi) is 7.61. The van der Waals surface area contributed by atoms with Crippen molar-refractivity contribution in [2.24, 2.45) is 0 Å². The third kappa shape index (κ3) is 6.49. The first-order valence-electron chi connectivity index (χ1n) is 7.40. The molecule has 0 aliphatic rings. The summed E-state index contributed by atoms with van der Waals surface area (Å²) in [5.41, 5.74) is 1.31. The molecule has 118 valence electrons. The highest BCUT2D eigenvalue weighted by Crippen LogP contribution is 2.22. The topological polar surface area (TPSA) is 59.6 Å². The molecule has 5 heteroatoms. The fraction of sp³-hybridized carbons (Fsp3) is 0.562. The van der Waals surface area contributed by atoms with Gasteiger partial charge in [-0.05, 0) is 37.0 Å². The number of carbonyl (C=O) groups excluding carboxylic acids is 1. The predicted molar refractivity (Wildman–Crippen MR) is 83.6 cm³/mol. The molecule has 2 atom stereocenters. The van der Waals surface area contributed by atoms with Crippen LogP contribution < -0.4 is 15.4 Å². The Morgan fingerprint density at radius 3 is 2.48 bits per heavy atom. The number of nitrogens with one attached hydrogen (secondary N) is 2. The van der Waals surface area contributed by atoms with Crippen molar-refractivity contribution in [3.8, 4) is 5.75 Å². The van der Waals surface area contributed by atoms with Gasteiger partial charge in [-0.25, -0.2) is 4.79 Å². The molecular formula is C16H26N2O3. The minimum Gasteiger partial charge on any atom is -0.465 e. The van der Waals surface area contributed by atoms with Crippen LogP contribution in [0.25, 0.3) is 0 Å². The lowest BCUT2D eigenvalue weighted by atomic mass is 9.99. The third-order valence-electron chi connectivity index (χ3n) is 3.33. The number of rotatable bonds is 8. The maximum atomic E-state index is 11.0.